The van der Waals surface area contributed by atoms with Gasteiger partial charge in [0.25, 0.3) is 0 Å². The van der Waals surface area contributed by atoms with Gasteiger partial charge in [-0.2, -0.15) is 0 Å². The first-order chi connectivity index (χ1) is 11.7. The van der Waals surface area contributed by atoms with E-state index >= 15 is 0 Å². The molecule has 0 aromatic heterocycles. The number of hydrogen-bond acceptors (Lipinski definition) is 5. The Labute approximate surface area is 154 Å². The molecule has 0 aromatic carbocycles. The van der Waals surface area contributed by atoms with E-state index in [0.717, 1.165) is 25.8 Å². The Kier molecular flexibility index (Phi) is 12.3. The lowest BCUT2D eigenvalue weighted by Gasteiger charge is -2.29. The Hall–Kier alpha value is -0.690. The smallest absolute Gasteiger partial charge is 0.237 e. The molecule has 0 bridgehead atoms. The lowest BCUT2D eigenvalue weighted by Crippen LogP contribution is -2.46. The van der Waals surface area contributed by atoms with Gasteiger partial charge in [-0.25, -0.2) is 0 Å². The van der Waals surface area contributed by atoms with Crippen LogP contribution in [-0.2, 0) is 14.3 Å². The third-order valence-electron chi connectivity index (χ3n) is 4.10. The minimum atomic E-state index is -0.130. The second kappa shape index (κ2) is 12.6. The van der Waals surface area contributed by atoms with Crippen molar-refractivity contribution >= 4 is 5.91 Å². The number of nitrogens with one attached hydrogen (secondary N) is 3. The molecule has 25 heavy (non-hydrogen) atoms. The minimum absolute atomic E-state index is 0.00134. The fourth-order valence-corrected chi connectivity index (χ4v) is 2.59. The monoisotopic (exact) mass is 359 g/mol. The number of rotatable bonds is 15. The summed E-state index contributed by atoms with van der Waals surface area (Å²) in [5.41, 5.74) is -0.109. The fourth-order valence-electron chi connectivity index (χ4n) is 2.59. The average molecular weight is 360 g/mol. The predicted octanol–water partition coefficient (Wildman–Crippen LogP) is 1.80. The van der Waals surface area contributed by atoms with Crippen LogP contribution in [0.5, 0.6) is 0 Å². The van der Waals surface area contributed by atoms with Gasteiger partial charge in [0, 0.05) is 24.5 Å². The van der Waals surface area contributed by atoms with Crippen LogP contribution in [0.2, 0.25) is 0 Å². The lowest BCUT2D eigenvalue weighted by molar-refractivity contribution is -0.124. The third-order valence-corrected chi connectivity index (χ3v) is 4.10. The van der Waals surface area contributed by atoms with Gasteiger partial charge in [0.2, 0.25) is 5.91 Å². The number of likely N-dealkylation sites (N-methyl/N-ethyl adjacent to an activating group) is 1. The van der Waals surface area contributed by atoms with Crippen LogP contribution < -0.4 is 16.0 Å². The highest BCUT2D eigenvalue weighted by Gasteiger charge is 2.24. The van der Waals surface area contributed by atoms with Gasteiger partial charge < -0.3 is 25.4 Å². The van der Waals surface area contributed by atoms with Crippen LogP contribution in [0.4, 0.5) is 0 Å². The van der Waals surface area contributed by atoms with E-state index < -0.39 is 0 Å². The number of carbonyl (C=O) groups is 1. The summed E-state index contributed by atoms with van der Waals surface area (Å²) in [6.07, 6.45) is 2.96. The van der Waals surface area contributed by atoms with E-state index in [4.69, 9.17) is 9.47 Å². The number of ether oxygens (including phenoxy) is 2. The molecular weight excluding hydrogens is 318 g/mol. The van der Waals surface area contributed by atoms with Gasteiger partial charge in [0.1, 0.15) is 0 Å². The van der Waals surface area contributed by atoms with E-state index in [1.807, 2.05) is 14.1 Å². The standard InChI is InChI=1S/C19H41N3O3/c1-18(2,14-25-15-19(3,4)13-24-7)12-22-17(23)16(21-6)10-8-9-11-20-5/h16,20-21H,8-15H2,1-7H3,(H,22,23)/t16-/m1/s1. The van der Waals surface area contributed by atoms with E-state index in [9.17, 15) is 4.79 Å². The maximum Gasteiger partial charge on any atom is 0.237 e. The van der Waals surface area contributed by atoms with Gasteiger partial charge in [-0.15, -0.1) is 0 Å². The van der Waals surface area contributed by atoms with E-state index in [-0.39, 0.29) is 22.8 Å². The largest absolute Gasteiger partial charge is 0.384 e. The summed E-state index contributed by atoms with van der Waals surface area (Å²) in [6, 6.07) is -0.130. The summed E-state index contributed by atoms with van der Waals surface area (Å²) in [7, 11) is 5.50. The molecule has 6 nitrogen and oxygen atoms in total. The Morgan fingerprint density at radius 1 is 1.00 bits per heavy atom. The molecule has 0 aliphatic rings. The van der Waals surface area contributed by atoms with Gasteiger partial charge in [-0.05, 0) is 33.5 Å². The van der Waals surface area contributed by atoms with Gasteiger partial charge in [0.15, 0.2) is 0 Å². The second-order valence-electron chi connectivity index (χ2n) is 8.41. The molecule has 0 fully saturated rings. The molecule has 0 aliphatic heterocycles. The van der Waals surface area contributed by atoms with E-state index in [1.165, 1.54) is 0 Å². The number of methoxy groups -OCH3 is 1. The summed E-state index contributed by atoms with van der Waals surface area (Å²) >= 11 is 0. The molecule has 0 unspecified atom stereocenters. The first-order valence-corrected chi connectivity index (χ1v) is 9.34. The van der Waals surface area contributed by atoms with E-state index in [1.54, 1.807) is 7.11 Å². The van der Waals surface area contributed by atoms with Gasteiger partial charge in [-0.3, -0.25) is 4.79 Å². The van der Waals surface area contributed by atoms with Crippen LogP contribution in [0, 0.1) is 10.8 Å². The van der Waals surface area contributed by atoms with Crippen molar-refractivity contribution in [1.29, 1.82) is 0 Å². The molecular formula is C19H41N3O3. The molecule has 1 atom stereocenters. The first kappa shape index (κ1) is 24.3. The lowest BCUT2D eigenvalue weighted by atomic mass is 9.93. The molecule has 0 radical (unpaired) electrons. The molecule has 6 heteroatoms. The zero-order chi connectivity index (χ0) is 19.3. The molecule has 0 aromatic rings. The van der Waals surface area contributed by atoms with Gasteiger partial charge in [0.05, 0.1) is 25.9 Å². The second-order valence-corrected chi connectivity index (χ2v) is 8.41. The van der Waals surface area contributed by atoms with Crippen LogP contribution >= 0.6 is 0 Å². The van der Waals surface area contributed by atoms with Crippen LogP contribution in [0.1, 0.15) is 47.0 Å². The number of amides is 1. The van der Waals surface area contributed by atoms with Crippen molar-refractivity contribution in [1.82, 2.24) is 16.0 Å². The number of unbranched alkanes of at least 4 members (excludes halogenated alkanes) is 1. The Balaban J connectivity index is 4.17. The summed E-state index contributed by atoms with van der Waals surface area (Å²) in [6.45, 7) is 12.0. The zero-order valence-corrected chi connectivity index (χ0v) is 17.5. The van der Waals surface area contributed by atoms with E-state index in [0.29, 0.717) is 26.4 Å². The van der Waals surface area contributed by atoms with Crippen molar-refractivity contribution in [2.24, 2.45) is 10.8 Å². The molecule has 1 amide bonds. The summed E-state index contributed by atoms with van der Waals surface area (Å²) in [5.74, 6) is 0.0692. The van der Waals surface area contributed by atoms with Gasteiger partial charge >= 0.3 is 0 Å². The quantitative estimate of drug-likeness (QED) is 0.389. The third kappa shape index (κ3) is 12.3. The molecule has 0 spiro atoms. The Morgan fingerprint density at radius 2 is 1.64 bits per heavy atom. The first-order valence-electron chi connectivity index (χ1n) is 9.34. The summed E-state index contributed by atoms with van der Waals surface area (Å²) in [4.78, 5) is 12.4. The SMILES string of the molecule is CNCCCC[C@@H](NC)C(=O)NCC(C)(C)COCC(C)(C)COC. The molecule has 0 aliphatic carbocycles. The van der Waals surface area contributed by atoms with Crippen molar-refractivity contribution in [3.8, 4) is 0 Å². The summed E-state index contributed by atoms with van der Waals surface area (Å²) in [5, 5.41) is 9.31. The van der Waals surface area contributed by atoms with Crippen LogP contribution in [-0.4, -0.2) is 66.1 Å². The zero-order valence-electron chi connectivity index (χ0n) is 17.5. The molecule has 0 saturated carbocycles. The van der Waals surface area contributed by atoms with Crippen LogP contribution in [0.25, 0.3) is 0 Å². The maximum atomic E-state index is 12.4. The topological polar surface area (TPSA) is 71.6 Å². The molecule has 0 saturated heterocycles. The molecule has 0 heterocycles. The van der Waals surface area contributed by atoms with Gasteiger partial charge in [-0.1, -0.05) is 34.1 Å². The Bertz CT molecular complexity index is 360. The Morgan fingerprint density at radius 3 is 2.20 bits per heavy atom. The van der Waals surface area contributed by atoms with Crippen molar-refractivity contribution in [2.75, 3.05) is 54.1 Å². The summed E-state index contributed by atoms with van der Waals surface area (Å²) < 4.78 is 11.1. The minimum Gasteiger partial charge on any atom is -0.384 e. The van der Waals surface area contributed by atoms with Crippen molar-refractivity contribution in [2.45, 2.75) is 53.0 Å². The highest BCUT2D eigenvalue weighted by atomic mass is 16.5. The van der Waals surface area contributed by atoms with Crippen molar-refractivity contribution in [3.63, 3.8) is 0 Å². The molecule has 0 rings (SSSR count). The average Bonchev–Trinajstić information content (AvgIpc) is 2.52. The normalized spacial score (nSPS) is 13.7. The van der Waals surface area contributed by atoms with Crippen molar-refractivity contribution < 1.29 is 14.3 Å². The van der Waals surface area contributed by atoms with E-state index in [2.05, 4.69) is 43.6 Å². The maximum absolute atomic E-state index is 12.4. The predicted molar refractivity (Wildman–Crippen MR) is 104 cm³/mol. The molecule has 3 N–H and O–H groups in total. The highest BCUT2D eigenvalue weighted by Crippen LogP contribution is 2.19. The van der Waals surface area contributed by atoms with Crippen LogP contribution in [0.15, 0.2) is 0 Å². The van der Waals surface area contributed by atoms with Crippen LogP contribution in [0.3, 0.4) is 0 Å². The van der Waals surface area contributed by atoms with Crippen molar-refractivity contribution in [3.05, 3.63) is 0 Å². The molecule has 150 valence electrons. The number of carbonyl (C=O) groups excluding carboxylic acids is 1. The highest BCUT2D eigenvalue weighted by molar-refractivity contribution is 5.81. The fraction of sp³-hybridized carbons (Fsp3) is 0.947. The number of hydrogen-bond donors (Lipinski definition) is 3.